The quantitative estimate of drug-likeness (QED) is 0.798. The Morgan fingerprint density at radius 3 is 2.14 bits per heavy atom. The minimum Gasteiger partial charge on any atom is -0.310 e. The summed E-state index contributed by atoms with van der Waals surface area (Å²) in [5, 5.41) is 4.29. The van der Waals surface area contributed by atoms with Crippen LogP contribution in [0.3, 0.4) is 0 Å². The van der Waals surface area contributed by atoms with Crippen LogP contribution in [-0.2, 0) is 6.42 Å². The molecule has 0 aliphatic rings. The molecule has 0 spiro atoms. The van der Waals surface area contributed by atoms with Crippen LogP contribution in [0.15, 0.2) is 36.4 Å². The van der Waals surface area contributed by atoms with Gasteiger partial charge in [-0.05, 0) is 48.4 Å². The summed E-state index contributed by atoms with van der Waals surface area (Å²) < 4.78 is 26.8. The van der Waals surface area contributed by atoms with E-state index in [0.29, 0.717) is 28.6 Å². The minimum atomic E-state index is -0.599. The van der Waals surface area contributed by atoms with E-state index in [1.165, 1.54) is 12.1 Å². The van der Waals surface area contributed by atoms with Gasteiger partial charge in [0, 0.05) is 22.2 Å². The van der Waals surface area contributed by atoms with E-state index in [9.17, 15) is 8.78 Å². The predicted octanol–water partition coefficient (Wildman–Crippen LogP) is 5.16. The number of rotatable bonds is 5. The van der Waals surface area contributed by atoms with Crippen LogP contribution < -0.4 is 5.32 Å². The average molecular weight is 330 g/mol. The van der Waals surface area contributed by atoms with Gasteiger partial charge >= 0.3 is 0 Å². The second-order valence-corrected chi connectivity index (χ2v) is 5.53. The maximum absolute atomic E-state index is 13.4. The van der Waals surface area contributed by atoms with Crippen LogP contribution in [0.4, 0.5) is 8.78 Å². The molecule has 1 atom stereocenters. The lowest BCUT2D eigenvalue weighted by Gasteiger charge is -2.20. The lowest BCUT2D eigenvalue weighted by atomic mass is 9.98. The topological polar surface area (TPSA) is 12.0 Å². The van der Waals surface area contributed by atoms with E-state index < -0.39 is 11.6 Å². The number of nitrogens with one attached hydrogen (secondary N) is 1. The highest BCUT2D eigenvalue weighted by molar-refractivity contribution is 6.36. The Bertz CT molecular complexity index is 591. The highest BCUT2D eigenvalue weighted by Gasteiger charge is 2.17. The summed E-state index contributed by atoms with van der Waals surface area (Å²) in [6, 6.07) is 8.49. The first-order chi connectivity index (χ1) is 10.0. The Labute approximate surface area is 132 Å². The van der Waals surface area contributed by atoms with E-state index in [0.717, 1.165) is 11.6 Å². The molecule has 1 N–H and O–H groups in total. The van der Waals surface area contributed by atoms with Crippen molar-refractivity contribution < 1.29 is 8.78 Å². The number of halogens is 4. The van der Waals surface area contributed by atoms with E-state index in [-0.39, 0.29) is 6.04 Å². The third-order valence-electron chi connectivity index (χ3n) is 3.21. The fourth-order valence-electron chi connectivity index (χ4n) is 2.26. The van der Waals surface area contributed by atoms with Gasteiger partial charge in [0.1, 0.15) is 11.6 Å². The fraction of sp³-hybridized carbons (Fsp3) is 0.250. The van der Waals surface area contributed by atoms with Crippen molar-refractivity contribution >= 4 is 23.2 Å². The molecule has 112 valence electrons. The van der Waals surface area contributed by atoms with Gasteiger partial charge in [0.25, 0.3) is 0 Å². The molecule has 0 heterocycles. The number of hydrogen-bond donors (Lipinski definition) is 1. The van der Waals surface area contributed by atoms with Gasteiger partial charge in [-0.3, -0.25) is 0 Å². The van der Waals surface area contributed by atoms with Crippen molar-refractivity contribution in [3.63, 3.8) is 0 Å². The third-order valence-corrected chi connectivity index (χ3v) is 3.92. The average Bonchev–Trinajstić information content (AvgIpc) is 2.40. The van der Waals surface area contributed by atoms with Crippen LogP contribution in [0.2, 0.25) is 10.0 Å². The molecule has 1 nitrogen and oxygen atoms in total. The van der Waals surface area contributed by atoms with Crippen LogP contribution in [0.5, 0.6) is 0 Å². The highest BCUT2D eigenvalue weighted by Crippen LogP contribution is 2.29. The molecule has 0 amide bonds. The first kappa shape index (κ1) is 16.2. The summed E-state index contributed by atoms with van der Waals surface area (Å²) in [6.45, 7) is 2.59. The van der Waals surface area contributed by atoms with Crippen LogP contribution >= 0.6 is 23.2 Å². The van der Waals surface area contributed by atoms with Crippen molar-refractivity contribution in [1.82, 2.24) is 5.32 Å². The third kappa shape index (κ3) is 4.16. The second-order valence-electron chi connectivity index (χ2n) is 4.72. The fourth-order valence-corrected chi connectivity index (χ4v) is 2.81. The second kappa shape index (κ2) is 7.21. The summed E-state index contributed by atoms with van der Waals surface area (Å²) in [4.78, 5) is 0. The van der Waals surface area contributed by atoms with E-state index in [4.69, 9.17) is 23.2 Å². The van der Waals surface area contributed by atoms with Crippen molar-refractivity contribution in [1.29, 1.82) is 0 Å². The summed E-state index contributed by atoms with van der Waals surface area (Å²) in [7, 11) is 0. The summed E-state index contributed by atoms with van der Waals surface area (Å²) in [5.74, 6) is -1.20. The van der Waals surface area contributed by atoms with Gasteiger partial charge < -0.3 is 5.32 Å². The molecule has 0 saturated heterocycles. The molecule has 0 aliphatic carbocycles. The number of benzene rings is 2. The van der Waals surface area contributed by atoms with Gasteiger partial charge in [-0.15, -0.1) is 0 Å². The molecule has 5 heteroatoms. The van der Waals surface area contributed by atoms with Gasteiger partial charge in [-0.1, -0.05) is 36.2 Å². The van der Waals surface area contributed by atoms with Gasteiger partial charge in [0.2, 0.25) is 0 Å². The zero-order valence-electron chi connectivity index (χ0n) is 11.5. The van der Waals surface area contributed by atoms with E-state index in [1.807, 2.05) is 6.92 Å². The Balaban J connectivity index is 2.35. The number of hydrogen-bond acceptors (Lipinski definition) is 1. The number of likely N-dealkylation sites (N-methyl/N-ethyl adjacent to an activating group) is 1. The summed E-state index contributed by atoms with van der Waals surface area (Å²) >= 11 is 12.3. The Morgan fingerprint density at radius 1 is 1.05 bits per heavy atom. The van der Waals surface area contributed by atoms with Crippen molar-refractivity contribution in [2.24, 2.45) is 0 Å². The molecular formula is C16H15Cl2F2N. The monoisotopic (exact) mass is 329 g/mol. The molecule has 2 aromatic carbocycles. The standard InChI is InChI=1S/C16H15Cl2F2N/c1-2-21-16(10-6-11(19)8-12(20)7-10)9-13-14(17)4-3-5-15(13)18/h3-8,16,21H,2,9H2,1H3. The maximum atomic E-state index is 13.4. The molecule has 2 aromatic rings. The Hall–Kier alpha value is -1.16. The van der Waals surface area contributed by atoms with E-state index in [1.54, 1.807) is 18.2 Å². The zero-order valence-corrected chi connectivity index (χ0v) is 13.0. The lowest BCUT2D eigenvalue weighted by Crippen LogP contribution is -2.23. The molecule has 1 unspecified atom stereocenters. The smallest absolute Gasteiger partial charge is 0.126 e. The minimum absolute atomic E-state index is 0.266. The van der Waals surface area contributed by atoms with Crippen molar-refractivity contribution in [3.05, 3.63) is 69.2 Å². The first-order valence-electron chi connectivity index (χ1n) is 6.63. The van der Waals surface area contributed by atoms with Crippen molar-refractivity contribution in [3.8, 4) is 0 Å². The Kier molecular flexibility index (Phi) is 5.57. The molecule has 0 saturated carbocycles. The normalized spacial score (nSPS) is 12.4. The predicted molar refractivity (Wildman–Crippen MR) is 82.9 cm³/mol. The van der Waals surface area contributed by atoms with Gasteiger partial charge in [-0.2, -0.15) is 0 Å². The summed E-state index contributed by atoms with van der Waals surface area (Å²) in [5.41, 5.74) is 1.29. The molecule has 0 bridgehead atoms. The zero-order chi connectivity index (χ0) is 15.4. The van der Waals surface area contributed by atoms with Gasteiger partial charge in [0.05, 0.1) is 0 Å². The molecule has 0 fully saturated rings. The van der Waals surface area contributed by atoms with E-state index in [2.05, 4.69) is 5.32 Å². The molecule has 21 heavy (non-hydrogen) atoms. The first-order valence-corrected chi connectivity index (χ1v) is 7.39. The lowest BCUT2D eigenvalue weighted by molar-refractivity contribution is 0.529. The van der Waals surface area contributed by atoms with Crippen LogP contribution in [-0.4, -0.2) is 6.54 Å². The largest absolute Gasteiger partial charge is 0.310 e. The van der Waals surface area contributed by atoms with Crippen LogP contribution in [0.25, 0.3) is 0 Å². The summed E-state index contributed by atoms with van der Waals surface area (Å²) in [6.07, 6.45) is 0.454. The van der Waals surface area contributed by atoms with Crippen molar-refractivity contribution in [2.45, 2.75) is 19.4 Å². The van der Waals surface area contributed by atoms with E-state index >= 15 is 0 Å². The van der Waals surface area contributed by atoms with Crippen LogP contribution in [0, 0.1) is 11.6 Å². The maximum Gasteiger partial charge on any atom is 0.126 e. The van der Waals surface area contributed by atoms with Crippen LogP contribution in [0.1, 0.15) is 24.1 Å². The molecule has 0 aromatic heterocycles. The van der Waals surface area contributed by atoms with Crippen molar-refractivity contribution in [2.75, 3.05) is 6.54 Å². The SMILES string of the molecule is CCNC(Cc1c(Cl)cccc1Cl)c1cc(F)cc(F)c1. The highest BCUT2D eigenvalue weighted by atomic mass is 35.5. The molecular weight excluding hydrogens is 315 g/mol. The Morgan fingerprint density at radius 2 is 1.62 bits per heavy atom. The van der Waals surface area contributed by atoms with Gasteiger partial charge in [-0.25, -0.2) is 8.78 Å². The molecule has 2 rings (SSSR count). The van der Waals surface area contributed by atoms with Gasteiger partial charge in [0.15, 0.2) is 0 Å². The molecule has 0 aliphatic heterocycles. The molecule has 0 radical (unpaired) electrons.